The number of aromatic nitrogens is 5. The molecule has 2 heterocycles. The minimum Gasteiger partial charge on any atom is -0.365 e. The first-order chi connectivity index (χ1) is 9.79. The summed E-state index contributed by atoms with van der Waals surface area (Å²) in [6.07, 6.45) is -4.64. The summed E-state index contributed by atoms with van der Waals surface area (Å²) < 4.78 is 38.0. The van der Waals surface area contributed by atoms with Gasteiger partial charge < -0.3 is 11.1 Å². The van der Waals surface area contributed by atoms with E-state index in [-0.39, 0.29) is 17.2 Å². The first-order valence-corrected chi connectivity index (χ1v) is 5.67. The Morgan fingerprint density at radius 2 is 2.14 bits per heavy atom. The molecule has 2 aromatic heterocycles. The molecular weight excluding hydrogens is 291 g/mol. The molecule has 11 heteroatoms. The highest BCUT2D eigenvalue weighted by molar-refractivity contribution is 5.97. The number of carbonyl (C=O) groups excluding carboxylic acids is 1. The van der Waals surface area contributed by atoms with Gasteiger partial charge in [0.15, 0.2) is 5.82 Å². The van der Waals surface area contributed by atoms with Crippen molar-refractivity contribution in [3.8, 4) is 0 Å². The average Bonchev–Trinajstić information content (AvgIpc) is 2.91. The molecule has 8 nitrogen and oxygen atoms in total. The highest BCUT2D eigenvalue weighted by atomic mass is 19.4. The van der Waals surface area contributed by atoms with Crippen molar-refractivity contribution in [1.29, 1.82) is 0 Å². The molecule has 0 fully saturated rings. The van der Waals surface area contributed by atoms with Gasteiger partial charge in [0.2, 0.25) is 0 Å². The molecule has 0 saturated heterocycles. The number of carbonyl (C=O) groups is 1. The van der Waals surface area contributed by atoms with E-state index in [0.717, 1.165) is 6.07 Å². The number of rotatable bonds is 4. The Balaban J connectivity index is 2.37. The molecule has 0 radical (unpaired) electrons. The van der Waals surface area contributed by atoms with Crippen LogP contribution in [0.2, 0.25) is 0 Å². The molecule has 0 aliphatic carbocycles. The van der Waals surface area contributed by atoms with Gasteiger partial charge in [-0.05, 0) is 19.1 Å². The van der Waals surface area contributed by atoms with Crippen LogP contribution in [0.15, 0.2) is 12.1 Å². The van der Waals surface area contributed by atoms with Gasteiger partial charge in [0.25, 0.3) is 5.91 Å². The normalized spacial score (nSPS) is 13.0. The number of nitrogens with zero attached hydrogens (tertiary/aromatic N) is 4. The molecule has 2 rings (SSSR count). The van der Waals surface area contributed by atoms with Crippen LogP contribution in [0, 0.1) is 0 Å². The fourth-order valence-electron chi connectivity index (χ4n) is 1.55. The summed E-state index contributed by atoms with van der Waals surface area (Å²) in [6.45, 7) is 1.57. The van der Waals surface area contributed by atoms with Crippen molar-refractivity contribution in [3.05, 3.63) is 29.2 Å². The molecule has 0 aliphatic rings. The Morgan fingerprint density at radius 3 is 2.67 bits per heavy atom. The van der Waals surface area contributed by atoms with E-state index < -0.39 is 23.8 Å². The van der Waals surface area contributed by atoms with E-state index in [9.17, 15) is 18.0 Å². The summed E-state index contributed by atoms with van der Waals surface area (Å²) in [5, 5.41) is 15.5. The first-order valence-electron chi connectivity index (χ1n) is 5.67. The fraction of sp³-hybridized carbons (Fsp3) is 0.300. The van der Waals surface area contributed by atoms with Gasteiger partial charge in [0, 0.05) is 0 Å². The fourth-order valence-corrected chi connectivity index (χ4v) is 1.55. The predicted octanol–water partition coefficient (Wildman–Crippen LogP) is 0.885. The number of aromatic amines is 1. The van der Waals surface area contributed by atoms with Crippen LogP contribution in [0.4, 0.5) is 19.0 Å². The number of hydrogen-bond acceptors (Lipinski definition) is 6. The monoisotopic (exact) mass is 301 g/mol. The van der Waals surface area contributed by atoms with Crippen molar-refractivity contribution >= 4 is 11.7 Å². The second-order valence-corrected chi connectivity index (χ2v) is 4.09. The molecule has 0 aromatic carbocycles. The Kier molecular flexibility index (Phi) is 3.74. The molecule has 2 aromatic rings. The van der Waals surface area contributed by atoms with Gasteiger partial charge in [0.05, 0.1) is 11.6 Å². The van der Waals surface area contributed by atoms with E-state index in [0.29, 0.717) is 6.07 Å². The Hall–Kier alpha value is -2.72. The van der Waals surface area contributed by atoms with Crippen molar-refractivity contribution in [1.82, 2.24) is 25.6 Å². The van der Waals surface area contributed by atoms with Crippen molar-refractivity contribution in [2.45, 2.75) is 19.1 Å². The number of nitrogens with two attached hydrogens (primary N) is 1. The average molecular weight is 301 g/mol. The lowest BCUT2D eigenvalue weighted by molar-refractivity contribution is -0.141. The highest BCUT2D eigenvalue weighted by Gasteiger charge is 2.33. The number of tetrazole rings is 1. The zero-order chi connectivity index (χ0) is 15.6. The smallest absolute Gasteiger partial charge is 0.365 e. The third-order valence-electron chi connectivity index (χ3n) is 2.55. The van der Waals surface area contributed by atoms with Gasteiger partial charge in [-0.3, -0.25) is 4.79 Å². The maximum atomic E-state index is 12.7. The van der Waals surface area contributed by atoms with Crippen LogP contribution in [0.3, 0.4) is 0 Å². The molecule has 0 bridgehead atoms. The number of hydrogen-bond donors (Lipinski definition) is 3. The van der Waals surface area contributed by atoms with E-state index in [4.69, 9.17) is 5.73 Å². The van der Waals surface area contributed by atoms with Crippen molar-refractivity contribution in [3.63, 3.8) is 0 Å². The van der Waals surface area contributed by atoms with Crippen molar-refractivity contribution in [2.75, 3.05) is 5.32 Å². The third-order valence-corrected chi connectivity index (χ3v) is 2.55. The van der Waals surface area contributed by atoms with E-state index in [1.54, 1.807) is 6.92 Å². The summed E-state index contributed by atoms with van der Waals surface area (Å²) >= 11 is 0. The second kappa shape index (κ2) is 5.34. The maximum absolute atomic E-state index is 12.7. The molecule has 1 unspecified atom stereocenters. The molecule has 112 valence electrons. The highest BCUT2D eigenvalue weighted by Crippen LogP contribution is 2.30. The summed E-state index contributed by atoms with van der Waals surface area (Å²) in [4.78, 5) is 14.7. The van der Waals surface area contributed by atoms with Crippen LogP contribution in [0.1, 0.15) is 34.8 Å². The number of pyridine rings is 1. The van der Waals surface area contributed by atoms with E-state index in [2.05, 4.69) is 30.9 Å². The van der Waals surface area contributed by atoms with Gasteiger partial charge in [-0.25, -0.2) is 4.98 Å². The summed E-state index contributed by atoms with van der Waals surface area (Å²) in [7, 11) is 0. The third kappa shape index (κ3) is 3.24. The van der Waals surface area contributed by atoms with Gasteiger partial charge in [0.1, 0.15) is 11.5 Å². The van der Waals surface area contributed by atoms with Gasteiger partial charge in [-0.2, -0.15) is 18.4 Å². The van der Waals surface area contributed by atoms with Crippen LogP contribution in [-0.2, 0) is 6.18 Å². The number of amides is 1. The zero-order valence-corrected chi connectivity index (χ0v) is 10.6. The summed E-state index contributed by atoms with van der Waals surface area (Å²) in [5.41, 5.74) is 3.81. The minimum atomic E-state index is -4.64. The lowest BCUT2D eigenvalue weighted by Gasteiger charge is -2.15. The number of halogens is 3. The predicted molar refractivity (Wildman–Crippen MR) is 64.0 cm³/mol. The molecule has 1 atom stereocenters. The summed E-state index contributed by atoms with van der Waals surface area (Å²) in [6, 6.07) is 1.02. The lowest BCUT2D eigenvalue weighted by Crippen LogP contribution is -2.20. The molecule has 4 N–H and O–H groups in total. The molecule has 1 amide bonds. The van der Waals surface area contributed by atoms with E-state index >= 15 is 0 Å². The number of anilines is 1. The van der Waals surface area contributed by atoms with Crippen LogP contribution in [0.5, 0.6) is 0 Å². The zero-order valence-electron chi connectivity index (χ0n) is 10.6. The molecule has 0 spiro atoms. The Labute approximate surface area is 115 Å². The number of alkyl halides is 3. The minimum absolute atomic E-state index is 0.168. The van der Waals surface area contributed by atoms with Gasteiger partial charge in [-0.15, -0.1) is 10.2 Å². The van der Waals surface area contributed by atoms with Crippen molar-refractivity contribution < 1.29 is 18.0 Å². The topological polar surface area (TPSA) is 122 Å². The van der Waals surface area contributed by atoms with E-state index in [1.807, 2.05) is 0 Å². The largest absolute Gasteiger partial charge is 0.433 e. The molecule has 21 heavy (non-hydrogen) atoms. The SMILES string of the molecule is CC(Nc1nc(C(F)(F)F)ccc1C(N)=O)c1nn[nH]n1. The summed E-state index contributed by atoms with van der Waals surface area (Å²) in [5.74, 6) is -1.00. The van der Waals surface area contributed by atoms with Gasteiger partial charge >= 0.3 is 6.18 Å². The van der Waals surface area contributed by atoms with Gasteiger partial charge in [-0.1, -0.05) is 5.21 Å². The first kappa shape index (κ1) is 14.7. The lowest BCUT2D eigenvalue weighted by atomic mass is 10.2. The van der Waals surface area contributed by atoms with E-state index in [1.165, 1.54) is 0 Å². The molecule has 0 saturated carbocycles. The number of nitrogens with one attached hydrogen (secondary N) is 2. The number of H-pyrrole nitrogens is 1. The van der Waals surface area contributed by atoms with Crippen LogP contribution < -0.4 is 11.1 Å². The molecule has 0 aliphatic heterocycles. The quantitative estimate of drug-likeness (QED) is 0.770. The maximum Gasteiger partial charge on any atom is 0.433 e. The number of primary amides is 1. The molecular formula is C10H10F3N7O. The van der Waals surface area contributed by atoms with Crippen molar-refractivity contribution in [2.24, 2.45) is 5.73 Å². The Bertz CT molecular complexity index is 641. The van der Waals surface area contributed by atoms with Crippen LogP contribution >= 0.6 is 0 Å². The van der Waals surface area contributed by atoms with Crippen LogP contribution in [-0.4, -0.2) is 31.5 Å². The van der Waals surface area contributed by atoms with Crippen LogP contribution in [0.25, 0.3) is 0 Å². The Morgan fingerprint density at radius 1 is 1.43 bits per heavy atom. The second-order valence-electron chi connectivity index (χ2n) is 4.09. The standard InChI is InChI=1S/C10H10F3N7O/c1-4(8-17-19-20-18-8)15-9-5(7(14)21)2-3-6(16-9)10(11,12)13/h2-4H,1H3,(H2,14,21)(H,15,16)(H,17,18,19,20).